The zero-order valence-corrected chi connectivity index (χ0v) is 14.1. The Balaban J connectivity index is 2.46. The third-order valence-electron chi connectivity index (χ3n) is 3.30. The number of hydrogen-bond donors (Lipinski definition) is 1. The molecule has 1 N–H and O–H groups in total. The summed E-state index contributed by atoms with van der Waals surface area (Å²) in [5.74, 6) is -0.378. The first-order chi connectivity index (χ1) is 11.5. The van der Waals surface area contributed by atoms with Crippen LogP contribution in [0.4, 0.5) is 5.69 Å². The molecule has 0 fully saturated rings. The Morgan fingerprint density at radius 2 is 1.58 bits per heavy atom. The van der Waals surface area contributed by atoms with Crippen LogP contribution in [0.2, 0.25) is 5.02 Å². The molecule has 0 saturated carbocycles. The summed E-state index contributed by atoms with van der Waals surface area (Å²) in [5, 5.41) is 2.95. The molecule has 126 valence electrons. The van der Waals surface area contributed by atoms with Gasteiger partial charge in [-0.25, -0.2) is 4.79 Å². The van der Waals surface area contributed by atoms with Gasteiger partial charge in [-0.15, -0.1) is 0 Å². The Labute approximate surface area is 144 Å². The van der Waals surface area contributed by atoms with E-state index >= 15 is 0 Å². The van der Waals surface area contributed by atoms with Crippen molar-refractivity contribution in [3.8, 4) is 11.5 Å². The van der Waals surface area contributed by atoms with E-state index in [1.54, 1.807) is 24.3 Å². The van der Waals surface area contributed by atoms with Crippen LogP contribution in [0.1, 0.15) is 20.7 Å². The lowest BCUT2D eigenvalue weighted by atomic mass is 10.1. The molecule has 0 saturated heterocycles. The fourth-order valence-corrected chi connectivity index (χ4v) is 2.32. The van der Waals surface area contributed by atoms with Crippen LogP contribution in [0.25, 0.3) is 0 Å². The highest BCUT2D eigenvalue weighted by molar-refractivity contribution is 6.34. The second-order valence-electron chi connectivity index (χ2n) is 4.68. The third kappa shape index (κ3) is 3.60. The minimum atomic E-state index is -0.620. The zero-order chi connectivity index (χ0) is 17.7. The van der Waals surface area contributed by atoms with E-state index in [4.69, 9.17) is 25.8 Å². The Kier molecular flexibility index (Phi) is 5.65. The molecule has 0 unspecified atom stereocenters. The zero-order valence-electron chi connectivity index (χ0n) is 13.4. The summed E-state index contributed by atoms with van der Waals surface area (Å²) >= 11 is 6.02. The van der Waals surface area contributed by atoms with Crippen molar-refractivity contribution in [2.45, 2.75) is 0 Å². The van der Waals surface area contributed by atoms with E-state index in [1.807, 2.05) is 0 Å². The highest BCUT2D eigenvalue weighted by Gasteiger charge is 2.20. The number of anilines is 1. The molecular weight excluding hydrogens is 334 g/mol. The monoisotopic (exact) mass is 349 g/mol. The fourth-order valence-electron chi connectivity index (χ4n) is 2.10. The normalized spacial score (nSPS) is 10.0. The first-order valence-corrected chi connectivity index (χ1v) is 7.29. The van der Waals surface area contributed by atoms with E-state index in [-0.39, 0.29) is 16.8 Å². The van der Waals surface area contributed by atoms with Crippen molar-refractivity contribution in [3.05, 3.63) is 52.5 Å². The van der Waals surface area contributed by atoms with Crippen molar-refractivity contribution in [2.75, 3.05) is 26.6 Å². The number of nitrogens with one attached hydrogen (secondary N) is 1. The molecule has 0 aliphatic carbocycles. The maximum atomic E-state index is 12.4. The average molecular weight is 350 g/mol. The first kappa shape index (κ1) is 17.6. The lowest BCUT2D eigenvalue weighted by Crippen LogP contribution is -2.16. The highest BCUT2D eigenvalue weighted by Crippen LogP contribution is 2.34. The molecule has 2 aromatic carbocycles. The van der Waals surface area contributed by atoms with Crippen molar-refractivity contribution in [3.63, 3.8) is 0 Å². The number of amides is 1. The van der Waals surface area contributed by atoms with Gasteiger partial charge in [0, 0.05) is 12.1 Å². The van der Waals surface area contributed by atoms with Gasteiger partial charge in [0.15, 0.2) is 11.5 Å². The van der Waals surface area contributed by atoms with Crippen LogP contribution < -0.4 is 14.8 Å². The molecule has 0 aliphatic heterocycles. The van der Waals surface area contributed by atoms with Crippen LogP contribution in [-0.4, -0.2) is 33.2 Å². The van der Waals surface area contributed by atoms with Crippen LogP contribution in [0.15, 0.2) is 36.4 Å². The lowest BCUT2D eigenvalue weighted by molar-refractivity contribution is 0.0601. The molecule has 0 bridgehead atoms. The van der Waals surface area contributed by atoms with E-state index < -0.39 is 11.9 Å². The topological polar surface area (TPSA) is 73.9 Å². The highest BCUT2D eigenvalue weighted by atomic mass is 35.5. The molecule has 0 aliphatic rings. The number of benzene rings is 2. The summed E-state index contributed by atoms with van der Waals surface area (Å²) in [6, 6.07) is 9.52. The summed E-state index contributed by atoms with van der Waals surface area (Å²) in [4.78, 5) is 24.4. The lowest BCUT2D eigenvalue weighted by Gasteiger charge is -2.15. The maximum absolute atomic E-state index is 12.4. The van der Waals surface area contributed by atoms with Crippen LogP contribution in [-0.2, 0) is 4.74 Å². The Morgan fingerprint density at radius 3 is 2.17 bits per heavy atom. The molecule has 24 heavy (non-hydrogen) atoms. The van der Waals surface area contributed by atoms with Crippen LogP contribution in [0, 0.1) is 0 Å². The van der Waals surface area contributed by atoms with E-state index in [0.717, 1.165) is 0 Å². The summed E-state index contributed by atoms with van der Waals surface area (Å²) in [6.07, 6.45) is 0. The van der Waals surface area contributed by atoms with Gasteiger partial charge < -0.3 is 19.5 Å². The largest absolute Gasteiger partial charge is 0.493 e. The predicted octanol–water partition coefficient (Wildman–Crippen LogP) is 3.40. The van der Waals surface area contributed by atoms with E-state index in [9.17, 15) is 9.59 Å². The number of rotatable bonds is 5. The van der Waals surface area contributed by atoms with Crippen molar-refractivity contribution in [2.24, 2.45) is 0 Å². The van der Waals surface area contributed by atoms with Gasteiger partial charge in [-0.05, 0) is 12.1 Å². The summed E-state index contributed by atoms with van der Waals surface area (Å²) in [6.45, 7) is 0. The summed E-state index contributed by atoms with van der Waals surface area (Å²) in [5.41, 5.74) is 0.643. The van der Waals surface area contributed by atoms with Crippen molar-refractivity contribution in [1.29, 1.82) is 0 Å². The van der Waals surface area contributed by atoms with Crippen molar-refractivity contribution in [1.82, 2.24) is 0 Å². The van der Waals surface area contributed by atoms with Crippen molar-refractivity contribution < 1.29 is 23.8 Å². The molecule has 0 atom stereocenters. The van der Waals surface area contributed by atoms with Crippen LogP contribution in [0.3, 0.4) is 0 Å². The molecule has 0 radical (unpaired) electrons. The number of carbonyl (C=O) groups excluding carboxylic acids is 2. The van der Waals surface area contributed by atoms with Crippen LogP contribution >= 0.6 is 11.6 Å². The molecule has 0 heterocycles. The Morgan fingerprint density at radius 1 is 0.958 bits per heavy atom. The van der Waals surface area contributed by atoms with Gasteiger partial charge in [0.2, 0.25) is 0 Å². The molecule has 2 rings (SSSR count). The van der Waals surface area contributed by atoms with Gasteiger partial charge in [-0.3, -0.25) is 4.79 Å². The van der Waals surface area contributed by atoms with Crippen LogP contribution in [0.5, 0.6) is 11.5 Å². The number of esters is 1. The first-order valence-electron chi connectivity index (χ1n) is 6.92. The second kappa shape index (κ2) is 7.70. The number of hydrogen-bond acceptors (Lipinski definition) is 5. The number of ether oxygens (including phenoxy) is 3. The molecule has 0 aromatic heterocycles. The number of halogens is 1. The minimum absolute atomic E-state index is 0.135. The third-order valence-corrected chi connectivity index (χ3v) is 3.63. The molecule has 1 amide bonds. The molecule has 0 spiro atoms. The predicted molar refractivity (Wildman–Crippen MR) is 90.3 cm³/mol. The van der Waals surface area contributed by atoms with Crippen molar-refractivity contribution >= 4 is 29.2 Å². The van der Waals surface area contributed by atoms with E-state index in [0.29, 0.717) is 16.5 Å². The average Bonchev–Trinajstić information content (AvgIpc) is 2.60. The summed E-state index contributed by atoms with van der Waals surface area (Å²) in [7, 11) is 4.15. The van der Waals surface area contributed by atoms with E-state index in [2.05, 4.69) is 5.32 Å². The smallest absolute Gasteiger partial charge is 0.340 e. The summed E-state index contributed by atoms with van der Waals surface area (Å²) < 4.78 is 15.1. The maximum Gasteiger partial charge on any atom is 0.340 e. The quantitative estimate of drug-likeness (QED) is 0.837. The van der Waals surface area contributed by atoms with Gasteiger partial charge >= 0.3 is 5.97 Å². The van der Waals surface area contributed by atoms with E-state index in [1.165, 1.54) is 33.5 Å². The molecular formula is C17H16ClNO5. The fraction of sp³-hybridized carbons (Fsp3) is 0.176. The van der Waals surface area contributed by atoms with Gasteiger partial charge in [-0.2, -0.15) is 0 Å². The minimum Gasteiger partial charge on any atom is -0.493 e. The Bertz CT molecular complexity index is 776. The van der Waals surface area contributed by atoms with Gasteiger partial charge in [0.05, 0.1) is 43.2 Å². The van der Waals surface area contributed by atoms with Gasteiger partial charge in [0.1, 0.15) is 0 Å². The Hall–Kier alpha value is -2.73. The molecule has 6 nitrogen and oxygen atoms in total. The standard InChI is InChI=1S/C17H16ClNO5/c1-22-14-8-11(17(21)24-3)13(9-15(14)23-2)19-16(20)10-6-4-5-7-12(10)18/h4-9H,1-3H3,(H,19,20). The number of carbonyl (C=O) groups is 2. The SMILES string of the molecule is COC(=O)c1cc(OC)c(OC)cc1NC(=O)c1ccccc1Cl. The van der Waals surface area contributed by atoms with Gasteiger partial charge in [0.25, 0.3) is 5.91 Å². The second-order valence-corrected chi connectivity index (χ2v) is 5.09. The molecule has 2 aromatic rings. The number of methoxy groups -OCH3 is 3. The molecule has 7 heteroatoms. The van der Waals surface area contributed by atoms with Gasteiger partial charge in [-0.1, -0.05) is 23.7 Å².